The van der Waals surface area contributed by atoms with E-state index in [1.807, 2.05) is 7.05 Å². The first-order valence-corrected chi connectivity index (χ1v) is 6.36. The van der Waals surface area contributed by atoms with Crippen LogP contribution in [0.4, 0.5) is 0 Å². The molecular formula is C12H23NO4. The number of aliphatic hydroxyl groups is 1. The monoisotopic (exact) mass is 245 g/mol. The topological polar surface area (TPSA) is 51.2 Å². The van der Waals surface area contributed by atoms with Crippen LogP contribution in [-0.2, 0) is 14.2 Å². The molecule has 2 aliphatic heterocycles. The van der Waals surface area contributed by atoms with E-state index in [1.54, 1.807) is 0 Å². The first kappa shape index (κ1) is 13.2. The second kappa shape index (κ2) is 6.11. The predicted octanol–water partition coefficient (Wildman–Crippen LogP) is 0.223. The number of hydrogen-bond donors (Lipinski definition) is 1. The van der Waals surface area contributed by atoms with Gasteiger partial charge in [0.05, 0.1) is 18.3 Å². The predicted molar refractivity (Wildman–Crippen MR) is 62.8 cm³/mol. The summed E-state index contributed by atoms with van der Waals surface area (Å²) < 4.78 is 15.9. The smallest absolute Gasteiger partial charge is 0.147 e. The van der Waals surface area contributed by atoms with E-state index >= 15 is 0 Å². The summed E-state index contributed by atoms with van der Waals surface area (Å²) in [5, 5.41) is 10.4. The Balaban J connectivity index is 1.73. The maximum absolute atomic E-state index is 10.4. The summed E-state index contributed by atoms with van der Waals surface area (Å²) in [4.78, 5) is 2.15. The number of rotatable bonds is 4. The van der Waals surface area contributed by atoms with Crippen molar-refractivity contribution in [3.05, 3.63) is 0 Å². The Labute approximate surface area is 103 Å². The maximum atomic E-state index is 10.4. The molecule has 100 valence electrons. The molecule has 0 saturated carbocycles. The van der Waals surface area contributed by atoms with Crippen LogP contribution in [-0.4, -0.2) is 68.5 Å². The van der Waals surface area contributed by atoms with Gasteiger partial charge in [-0.2, -0.15) is 0 Å². The second-order valence-corrected chi connectivity index (χ2v) is 5.14. The molecule has 0 spiro atoms. The zero-order chi connectivity index (χ0) is 12.1. The van der Waals surface area contributed by atoms with Crippen LogP contribution in [0.15, 0.2) is 0 Å². The molecule has 0 radical (unpaired) electrons. The highest BCUT2D eigenvalue weighted by molar-refractivity contribution is 4.84. The standard InChI is InChI=1S/C12H23NO4/c1-13(8-11-2-5-16-10-17-11)9-12(14)3-6-15-7-4-12/h11,14H,2-10H2,1H3. The van der Waals surface area contributed by atoms with E-state index in [9.17, 15) is 5.11 Å². The number of likely N-dealkylation sites (N-methyl/N-ethyl adjacent to an activating group) is 1. The third kappa shape index (κ3) is 4.19. The molecular weight excluding hydrogens is 222 g/mol. The summed E-state index contributed by atoms with van der Waals surface area (Å²) in [5.74, 6) is 0. The highest BCUT2D eigenvalue weighted by atomic mass is 16.7. The van der Waals surface area contributed by atoms with Crippen molar-refractivity contribution in [3.8, 4) is 0 Å². The van der Waals surface area contributed by atoms with Crippen LogP contribution in [0, 0.1) is 0 Å². The van der Waals surface area contributed by atoms with Gasteiger partial charge in [0.25, 0.3) is 0 Å². The van der Waals surface area contributed by atoms with Gasteiger partial charge in [0.2, 0.25) is 0 Å². The van der Waals surface area contributed by atoms with Crippen LogP contribution in [0.25, 0.3) is 0 Å². The van der Waals surface area contributed by atoms with Gasteiger partial charge < -0.3 is 24.2 Å². The van der Waals surface area contributed by atoms with Gasteiger partial charge in [-0.05, 0) is 13.5 Å². The van der Waals surface area contributed by atoms with Gasteiger partial charge in [0.1, 0.15) is 6.79 Å². The molecule has 2 heterocycles. The average molecular weight is 245 g/mol. The molecule has 17 heavy (non-hydrogen) atoms. The van der Waals surface area contributed by atoms with Crippen molar-refractivity contribution in [2.24, 2.45) is 0 Å². The van der Waals surface area contributed by atoms with Crippen LogP contribution in [0.2, 0.25) is 0 Å². The van der Waals surface area contributed by atoms with Crippen LogP contribution in [0.3, 0.4) is 0 Å². The fourth-order valence-electron chi connectivity index (χ4n) is 2.47. The molecule has 2 fully saturated rings. The summed E-state index contributed by atoms with van der Waals surface area (Å²) in [5.41, 5.74) is -0.585. The zero-order valence-corrected chi connectivity index (χ0v) is 10.6. The lowest BCUT2D eigenvalue weighted by atomic mass is 9.94. The van der Waals surface area contributed by atoms with Gasteiger partial charge in [-0.25, -0.2) is 0 Å². The number of hydrogen-bond acceptors (Lipinski definition) is 5. The average Bonchev–Trinajstić information content (AvgIpc) is 2.30. The van der Waals surface area contributed by atoms with Crippen LogP contribution in [0.1, 0.15) is 19.3 Å². The molecule has 1 unspecified atom stereocenters. The van der Waals surface area contributed by atoms with E-state index in [2.05, 4.69) is 4.90 Å². The molecule has 0 aromatic carbocycles. The molecule has 2 aliphatic rings. The van der Waals surface area contributed by atoms with E-state index in [4.69, 9.17) is 14.2 Å². The van der Waals surface area contributed by atoms with Crippen molar-refractivity contribution >= 4 is 0 Å². The van der Waals surface area contributed by atoms with Gasteiger partial charge in [-0.15, -0.1) is 0 Å². The number of nitrogens with zero attached hydrogens (tertiary/aromatic N) is 1. The molecule has 0 aromatic heterocycles. The maximum Gasteiger partial charge on any atom is 0.147 e. The van der Waals surface area contributed by atoms with Gasteiger partial charge in [0, 0.05) is 39.1 Å². The minimum atomic E-state index is -0.585. The fraction of sp³-hybridized carbons (Fsp3) is 1.00. The van der Waals surface area contributed by atoms with Crippen molar-refractivity contribution in [2.45, 2.75) is 31.0 Å². The van der Waals surface area contributed by atoms with E-state index < -0.39 is 5.60 Å². The zero-order valence-electron chi connectivity index (χ0n) is 10.6. The molecule has 5 heteroatoms. The van der Waals surface area contributed by atoms with E-state index in [0.29, 0.717) is 26.6 Å². The molecule has 0 aromatic rings. The minimum Gasteiger partial charge on any atom is -0.388 e. The normalized spacial score (nSPS) is 29.5. The Morgan fingerprint density at radius 1 is 1.24 bits per heavy atom. The first-order valence-electron chi connectivity index (χ1n) is 6.36. The second-order valence-electron chi connectivity index (χ2n) is 5.14. The summed E-state index contributed by atoms with van der Waals surface area (Å²) >= 11 is 0. The lowest BCUT2D eigenvalue weighted by molar-refractivity contribution is -0.147. The van der Waals surface area contributed by atoms with Crippen molar-refractivity contribution in [2.75, 3.05) is 46.8 Å². The Morgan fingerprint density at radius 3 is 2.65 bits per heavy atom. The van der Waals surface area contributed by atoms with Crippen molar-refractivity contribution in [1.29, 1.82) is 0 Å². The van der Waals surface area contributed by atoms with Crippen LogP contribution in [0.5, 0.6) is 0 Å². The van der Waals surface area contributed by atoms with Gasteiger partial charge in [0.15, 0.2) is 0 Å². The number of ether oxygens (including phenoxy) is 3. The lowest BCUT2D eigenvalue weighted by Crippen LogP contribution is -2.48. The Kier molecular flexibility index (Phi) is 4.76. The SMILES string of the molecule is CN(CC1CCOCO1)CC1(O)CCOCC1. The van der Waals surface area contributed by atoms with Gasteiger partial charge in [-0.1, -0.05) is 0 Å². The fourth-order valence-corrected chi connectivity index (χ4v) is 2.47. The molecule has 0 amide bonds. The molecule has 0 aliphatic carbocycles. The van der Waals surface area contributed by atoms with Gasteiger partial charge in [-0.3, -0.25) is 0 Å². The van der Waals surface area contributed by atoms with E-state index in [1.165, 1.54) is 0 Å². The summed E-state index contributed by atoms with van der Waals surface area (Å²) in [6.07, 6.45) is 2.63. The Morgan fingerprint density at radius 2 is 2.00 bits per heavy atom. The Bertz CT molecular complexity index is 225. The molecule has 0 bridgehead atoms. The summed E-state index contributed by atoms with van der Waals surface area (Å²) in [6, 6.07) is 0. The molecule has 2 saturated heterocycles. The first-order chi connectivity index (χ1) is 8.18. The van der Waals surface area contributed by atoms with Gasteiger partial charge >= 0.3 is 0 Å². The summed E-state index contributed by atoms with van der Waals surface area (Å²) in [7, 11) is 2.03. The van der Waals surface area contributed by atoms with Crippen molar-refractivity contribution in [3.63, 3.8) is 0 Å². The highest BCUT2D eigenvalue weighted by Crippen LogP contribution is 2.21. The third-order valence-electron chi connectivity index (χ3n) is 3.47. The Hall–Kier alpha value is -0.200. The largest absolute Gasteiger partial charge is 0.388 e. The lowest BCUT2D eigenvalue weighted by Gasteiger charge is -2.36. The van der Waals surface area contributed by atoms with E-state index in [-0.39, 0.29) is 6.10 Å². The molecule has 1 N–H and O–H groups in total. The van der Waals surface area contributed by atoms with Crippen LogP contribution < -0.4 is 0 Å². The molecule has 1 atom stereocenters. The molecule has 2 rings (SSSR count). The quantitative estimate of drug-likeness (QED) is 0.768. The van der Waals surface area contributed by atoms with Crippen LogP contribution >= 0.6 is 0 Å². The minimum absolute atomic E-state index is 0.234. The van der Waals surface area contributed by atoms with Crippen molar-refractivity contribution in [1.82, 2.24) is 4.90 Å². The highest BCUT2D eigenvalue weighted by Gasteiger charge is 2.31. The molecule has 5 nitrogen and oxygen atoms in total. The summed E-state index contributed by atoms with van der Waals surface area (Å²) in [6.45, 7) is 4.05. The van der Waals surface area contributed by atoms with E-state index in [0.717, 1.165) is 32.4 Å². The van der Waals surface area contributed by atoms with Crippen molar-refractivity contribution < 1.29 is 19.3 Å². The third-order valence-corrected chi connectivity index (χ3v) is 3.47.